The zero-order chi connectivity index (χ0) is 23.6. The summed E-state index contributed by atoms with van der Waals surface area (Å²) >= 11 is 6.33. The van der Waals surface area contributed by atoms with Gasteiger partial charge in [0.05, 0.1) is 22.5 Å². The second-order valence-electron chi connectivity index (χ2n) is 6.38. The zero-order valence-electron chi connectivity index (χ0n) is 16.6. The van der Waals surface area contributed by atoms with Crippen LogP contribution < -0.4 is 9.47 Å². The van der Waals surface area contributed by atoms with Gasteiger partial charge in [0.1, 0.15) is 4.32 Å². The molecule has 1 aliphatic heterocycles. The van der Waals surface area contributed by atoms with E-state index in [1.54, 1.807) is 12.1 Å². The molecule has 0 N–H and O–H groups in total. The Morgan fingerprint density at radius 2 is 1.88 bits per heavy atom. The maximum absolute atomic E-state index is 12.9. The summed E-state index contributed by atoms with van der Waals surface area (Å²) < 4.78 is 49.9. The summed E-state index contributed by atoms with van der Waals surface area (Å²) in [6, 6.07) is 6.53. The Labute approximate surface area is 189 Å². The fraction of sp³-hybridized carbons (Fsp3) is 0.200. The number of nitro groups is 1. The van der Waals surface area contributed by atoms with E-state index >= 15 is 0 Å². The molecule has 168 valence electrons. The molecule has 32 heavy (non-hydrogen) atoms. The Morgan fingerprint density at radius 1 is 1.19 bits per heavy atom. The van der Waals surface area contributed by atoms with E-state index in [4.69, 9.17) is 21.7 Å². The third kappa shape index (κ3) is 4.86. The lowest BCUT2D eigenvalue weighted by atomic mass is 10.1. The van der Waals surface area contributed by atoms with Crippen LogP contribution in [-0.2, 0) is 11.0 Å². The number of likely N-dealkylation sites (N-methyl/N-ethyl adjacent to an activating group) is 1. The van der Waals surface area contributed by atoms with E-state index in [1.165, 1.54) is 24.1 Å². The van der Waals surface area contributed by atoms with E-state index in [-0.39, 0.29) is 23.2 Å². The molecule has 12 heteroatoms. The quantitative estimate of drug-likeness (QED) is 0.227. The van der Waals surface area contributed by atoms with Crippen LogP contribution in [0.3, 0.4) is 0 Å². The smallest absolute Gasteiger partial charge is 0.416 e. The number of carbonyl (C=O) groups is 1. The molecule has 1 amide bonds. The summed E-state index contributed by atoms with van der Waals surface area (Å²) in [5.41, 5.74) is -1.43. The molecule has 0 spiro atoms. The number of carbonyl (C=O) groups excluding carboxylic acids is 1. The molecule has 0 aromatic heterocycles. The molecule has 1 heterocycles. The van der Waals surface area contributed by atoms with E-state index in [0.29, 0.717) is 33.5 Å². The lowest BCUT2D eigenvalue weighted by molar-refractivity contribution is -0.385. The van der Waals surface area contributed by atoms with Gasteiger partial charge in [0, 0.05) is 12.6 Å². The van der Waals surface area contributed by atoms with Gasteiger partial charge in [-0.15, -0.1) is 0 Å². The summed E-state index contributed by atoms with van der Waals surface area (Å²) in [5, 5.41) is 11.3. The highest BCUT2D eigenvalue weighted by molar-refractivity contribution is 8.26. The molecular weight excluding hydrogens is 469 g/mol. The van der Waals surface area contributed by atoms with Crippen LogP contribution in [-0.4, -0.2) is 33.7 Å². The Hall–Kier alpha value is -3.12. The maximum Gasteiger partial charge on any atom is 0.416 e. The Morgan fingerprint density at radius 3 is 2.44 bits per heavy atom. The van der Waals surface area contributed by atoms with Crippen molar-refractivity contribution in [3.63, 3.8) is 0 Å². The number of hydrogen-bond acceptors (Lipinski definition) is 7. The lowest BCUT2D eigenvalue weighted by Crippen LogP contribution is -2.27. The van der Waals surface area contributed by atoms with Crippen molar-refractivity contribution in [1.82, 2.24) is 4.90 Å². The summed E-state index contributed by atoms with van der Waals surface area (Å²) in [7, 11) is 1.34. The highest BCUT2D eigenvalue weighted by Gasteiger charge is 2.34. The summed E-state index contributed by atoms with van der Waals surface area (Å²) in [4.78, 5) is 24.6. The van der Waals surface area contributed by atoms with Gasteiger partial charge in [0.15, 0.2) is 11.5 Å². The topological polar surface area (TPSA) is 81.9 Å². The van der Waals surface area contributed by atoms with E-state index in [2.05, 4.69) is 0 Å². The number of halogens is 3. The first-order valence-corrected chi connectivity index (χ1v) is 10.2. The number of hydrogen-bond donors (Lipinski definition) is 0. The first-order valence-electron chi connectivity index (χ1n) is 9.02. The van der Waals surface area contributed by atoms with Crippen molar-refractivity contribution in [1.29, 1.82) is 0 Å². The lowest BCUT2D eigenvalue weighted by Gasteiger charge is -2.13. The second-order valence-corrected chi connectivity index (χ2v) is 8.05. The molecule has 0 unspecified atom stereocenters. The average molecular weight is 484 g/mol. The van der Waals surface area contributed by atoms with Crippen LogP contribution in [0.15, 0.2) is 41.3 Å². The van der Waals surface area contributed by atoms with Crippen LogP contribution >= 0.6 is 24.0 Å². The van der Waals surface area contributed by atoms with Crippen molar-refractivity contribution in [2.45, 2.75) is 13.1 Å². The van der Waals surface area contributed by atoms with Gasteiger partial charge in [0.2, 0.25) is 5.75 Å². The van der Waals surface area contributed by atoms with E-state index < -0.39 is 22.4 Å². The Balaban J connectivity index is 1.93. The Kier molecular flexibility index (Phi) is 6.74. The summed E-state index contributed by atoms with van der Waals surface area (Å²) in [6.07, 6.45) is -3.12. The SMILES string of the molecule is CCN1C(=O)C(=Cc2ccc(Oc3ccc(C(F)(F)F)cc3[N+](=O)[O-])c(OC)c2)SC1=S. The third-order valence-electron chi connectivity index (χ3n) is 4.38. The van der Waals surface area contributed by atoms with Gasteiger partial charge in [0.25, 0.3) is 5.91 Å². The molecule has 0 bridgehead atoms. The molecule has 0 atom stereocenters. The van der Waals surface area contributed by atoms with Crippen LogP contribution in [0.1, 0.15) is 18.1 Å². The molecule has 0 radical (unpaired) electrons. The fourth-order valence-corrected chi connectivity index (χ4v) is 4.21. The minimum Gasteiger partial charge on any atom is -0.493 e. The summed E-state index contributed by atoms with van der Waals surface area (Å²) in [6.45, 7) is 2.26. The number of rotatable bonds is 6. The van der Waals surface area contributed by atoms with Crippen molar-refractivity contribution < 1.29 is 32.4 Å². The number of amides is 1. The van der Waals surface area contributed by atoms with E-state index in [1.807, 2.05) is 6.92 Å². The van der Waals surface area contributed by atoms with Crippen LogP contribution in [0.5, 0.6) is 17.2 Å². The molecule has 1 aliphatic rings. The number of thiocarbonyl (C=S) groups is 1. The van der Waals surface area contributed by atoms with Gasteiger partial charge in [-0.3, -0.25) is 19.8 Å². The number of methoxy groups -OCH3 is 1. The van der Waals surface area contributed by atoms with Crippen molar-refractivity contribution in [2.75, 3.05) is 13.7 Å². The average Bonchev–Trinajstić information content (AvgIpc) is 3.00. The van der Waals surface area contributed by atoms with E-state index in [9.17, 15) is 28.1 Å². The molecule has 7 nitrogen and oxygen atoms in total. The summed E-state index contributed by atoms with van der Waals surface area (Å²) in [5.74, 6) is -0.382. The predicted molar refractivity (Wildman–Crippen MR) is 117 cm³/mol. The van der Waals surface area contributed by atoms with Crippen molar-refractivity contribution in [3.05, 3.63) is 62.5 Å². The van der Waals surface area contributed by atoms with Crippen LogP contribution in [0, 0.1) is 10.1 Å². The largest absolute Gasteiger partial charge is 0.493 e. The standard InChI is InChI=1S/C20H15F3N2O5S2/c1-3-24-18(26)17(32-19(24)31)9-11-4-6-15(16(8-11)29-2)30-14-7-5-12(20(21,22)23)10-13(14)25(27)28/h4-10H,3H2,1-2H3. The second kappa shape index (κ2) is 9.17. The number of ether oxygens (including phenoxy) is 2. The maximum atomic E-state index is 12.9. The van der Waals surface area contributed by atoms with Gasteiger partial charge < -0.3 is 9.47 Å². The predicted octanol–water partition coefficient (Wildman–Crippen LogP) is 5.64. The van der Waals surface area contributed by atoms with Gasteiger partial charge in [-0.2, -0.15) is 13.2 Å². The minimum absolute atomic E-state index is 0.0496. The van der Waals surface area contributed by atoms with Gasteiger partial charge in [-0.05, 0) is 42.8 Å². The van der Waals surface area contributed by atoms with Crippen LogP contribution in [0.2, 0.25) is 0 Å². The van der Waals surface area contributed by atoms with E-state index in [0.717, 1.165) is 17.8 Å². The first kappa shape index (κ1) is 23.5. The van der Waals surface area contributed by atoms with Crippen molar-refractivity contribution in [2.24, 2.45) is 0 Å². The highest BCUT2D eigenvalue weighted by atomic mass is 32.2. The zero-order valence-corrected chi connectivity index (χ0v) is 18.3. The highest BCUT2D eigenvalue weighted by Crippen LogP contribution is 2.41. The molecule has 0 saturated carbocycles. The molecule has 2 aromatic rings. The first-order chi connectivity index (χ1) is 15.0. The third-order valence-corrected chi connectivity index (χ3v) is 5.76. The normalized spacial score (nSPS) is 15.4. The number of nitro benzene ring substituents is 1. The molecule has 2 aromatic carbocycles. The molecule has 1 fully saturated rings. The fourth-order valence-electron chi connectivity index (χ4n) is 2.82. The molecular formula is C20H15F3N2O5S2. The van der Waals surface area contributed by atoms with Gasteiger partial charge >= 0.3 is 11.9 Å². The molecule has 1 saturated heterocycles. The van der Waals surface area contributed by atoms with Gasteiger partial charge in [-0.25, -0.2) is 0 Å². The number of alkyl halides is 3. The van der Waals surface area contributed by atoms with Crippen LogP contribution in [0.25, 0.3) is 6.08 Å². The van der Waals surface area contributed by atoms with Gasteiger partial charge in [-0.1, -0.05) is 30.0 Å². The van der Waals surface area contributed by atoms with Crippen molar-refractivity contribution >= 4 is 46.0 Å². The Bertz CT molecular complexity index is 1130. The monoisotopic (exact) mass is 484 g/mol. The van der Waals surface area contributed by atoms with Crippen molar-refractivity contribution in [3.8, 4) is 17.2 Å². The molecule has 0 aliphatic carbocycles. The molecule has 3 rings (SSSR count). The van der Waals surface area contributed by atoms with Crippen LogP contribution in [0.4, 0.5) is 18.9 Å². The minimum atomic E-state index is -4.73. The number of benzene rings is 2. The number of nitrogens with zero attached hydrogens (tertiary/aromatic N) is 2. The number of thioether (sulfide) groups is 1.